The molecule has 0 heterocycles. The number of benzene rings is 1. The van der Waals surface area contributed by atoms with Gasteiger partial charge in [0.15, 0.2) is 5.78 Å². The van der Waals surface area contributed by atoms with Crippen molar-refractivity contribution in [2.24, 2.45) is 0 Å². The van der Waals surface area contributed by atoms with Crippen LogP contribution in [0.1, 0.15) is 39.6 Å². The highest BCUT2D eigenvalue weighted by atomic mass is 35.5. The van der Waals surface area contributed by atoms with Crippen molar-refractivity contribution in [3.8, 4) is 0 Å². The van der Waals surface area contributed by atoms with Crippen molar-refractivity contribution >= 4 is 23.4 Å². The third kappa shape index (κ3) is 3.56. The number of Topliss-reactive ketones (excluding diaryl/α,β-unsaturated/α-hetero) is 1. The van der Waals surface area contributed by atoms with Crippen molar-refractivity contribution in [2.45, 2.75) is 20.3 Å². The lowest BCUT2D eigenvalue weighted by molar-refractivity contribution is 0.0525. The summed E-state index contributed by atoms with van der Waals surface area (Å²) in [7, 11) is 0. The number of ketones is 1. The van der Waals surface area contributed by atoms with Crippen LogP contribution in [0.3, 0.4) is 0 Å². The molecule has 0 aliphatic heterocycles. The van der Waals surface area contributed by atoms with Gasteiger partial charge in [0.05, 0.1) is 12.2 Å². The summed E-state index contributed by atoms with van der Waals surface area (Å²) in [5, 5.41) is 0. The minimum Gasteiger partial charge on any atom is -0.462 e. The molecular weight excluding hydrogens is 240 g/mol. The Morgan fingerprint density at radius 3 is 2.59 bits per heavy atom. The lowest BCUT2D eigenvalue weighted by Gasteiger charge is -2.07. The summed E-state index contributed by atoms with van der Waals surface area (Å²) in [5.41, 5.74) is 1.81. The number of esters is 1. The van der Waals surface area contributed by atoms with Crippen LogP contribution in [0.5, 0.6) is 0 Å². The fraction of sp³-hybridized carbons (Fsp3) is 0.385. The monoisotopic (exact) mass is 254 g/mol. The molecule has 0 fully saturated rings. The van der Waals surface area contributed by atoms with Crippen LogP contribution in [0.4, 0.5) is 0 Å². The second-order valence-corrected chi connectivity index (χ2v) is 3.99. The van der Waals surface area contributed by atoms with Gasteiger partial charge in [0, 0.05) is 17.9 Å². The molecule has 0 unspecified atom stereocenters. The van der Waals surface area contributed by atoms with Crippen LogP contribution in [-0.4, -0.2) is 24.2 Å². The smallest absolute Gasteiger partial charge is 0.338 e. The fourth-order valence-corrected chi connectivity index (χ4v) is 1.68. The van der Waals surface area contributed by atoms with Crippen LogP contribution in [0.2, 0.25) is 0 Å². The van der Waals surface area contributed by atoms with E-state index in [1.165, 1.54) is 0 Å². The molecule has 0 saturated carbocycles. The highest BCUT2D eigenvalue weighted by Crippen LogP contribution is 2.14. The second kappa shape index (κ2) is 6.40. The van der Waals surface area contributed by atoms with Gasteiger partial charge in [0.25, 0.3) is 0 Å². The first-order chi connectivity index (χ1) is 8.10. The number of carbonyl (C=O) groups excluding carboxylic acids is 2. The van der Waals surface area contributed by atoms with E-state index in [4.69, 9.17) is 16.3 Å². The van der Waals surface area contributed by atoms with E-state index in [-0.39, 0.29) is 11.8 Å². The molecule has 1 aromatic rings. The summed E-state index contributed by atoms with van der Waals surface area (Å²) in [5.74, 6) is -0.0721. The van der Waals surface area contributed by atoms with Crippen molar-refractivity contribution in [3.63, 3.8) is 0 Å². The Bertz CT molecular complexity index is 427. The maximum atomic E-state index is 11.6. The van der Waals surface area contributed by atoms with E-state index in [1.54, 1.807) is 32.0 Å². The first-order valence-electron chi connectivity index (χ1n) is 5.47. The summed E-state index contributed by atoms with van der Waals surface area (Å²) in [6.07, 6.45) is 0.305. The number of hydrogen-bond acceptors (Lipinski definition) is 3. The molecular formula is C13H15ClO3. The van der Waals surface area contributed by atoms with Gasteiger partial charge >= 0.3 is 5.97 Å². The molecule has 0 N–H and O–H groups in total. The van der Waals surface area contributed by atoms with Crippen molar-refractivity contribution < 1.29 is 14.3 Å². The number of halogens is 1. The van der Waals surface area contributed by atoms with E-state index in [9.17, 15) is 9.59 Å². The molecule has 0 bridgehead atoms. The largest absolute Gasteiger partial charge is 0.462 e. The van der Waals surface area contributed by atoms with E-state index in [1.807, 2.05) is 0 Å². The number of hydrogen-bond donors (Lipinski definition) is 0. The van der Waals surface area contributed by atoms with Gasteiger partial charge < -0.3 is 4.74 Å². The molecule has 92 valence electrons. The Balaban J connectivity index is 2.93. The van der Waals surface area contributed by atoms with Gasteiger partial charge in [-0.3, -0.25) is 4.79 Å². The number of aryl methyl sites for hydroxylation is 1. The number of rotatable bonds is 5. The van der Waals surface area contributed by atoms with Gasteiger partial charge in [0.2, 0.25) is 0 Å². The van der Waals surface area contributed by atoms with E-state index >= 15 is 0 Å². The van der Waals surface area contributed by atoms with Gasteiger partial charge in [-0.25, -0.2) is 4.79 Å². The highest BCUT2D eigenvalue weighted by molar-refractivity contribution is 6.19. The van der Waals surface area contributed by atoms with Crippen molar-refractivity contribution in [2.75, 3.05) is 12.5 Å². The molecule has 0 radical (unpaired) electrons. The molecule has 0 aromatic heterocycles. The SMILES string of the molecule is CCOC(=O)c1ccc(C(=O)CCCl)cc1C. The summed E-state index contributed by atoms with van der Waals surface area (Å²) in [6, 6.07) is 4.95. The second-order valence-electron chi connectivity index (χ2n) is 3.61. The van der Waals surface area contributed by atoms with Gasteiger partial charge in [-0.2, -0.15) is 0 Å². The third-order valence-corrected chi connectivity index (χ3v) is 2.55. The average Bonchev–Trinajstić information content (AvgIpc) is 2.29. The van der Waals surface area contributed by atoms with Crippen LogP contribution in [0.15, 0.2) is 18.2 Å². The van der Waals surface area contributed by atoms with Crippen molar-refractivity contribution in [1.29, 1.82) is 0 Å². The lowest BCUT2D eigenvalue weighted by atomic mass is 10.0. The van der Waals surface area contributed by atoms with Crippen LogP contribution in [0, 0.1) is 6.92 Å². The molecule has 4 heteroatoms. The molecule has 0 aliphatic rings. The Kier molecular flexibility index (Phi) is 5.16. The minimum absolute atomic E-state index is 0.0153. The van der Waals surface area contributed by atoms with Crippen molar-refractivity contribution in [3.05, 3.63) is 34.9 Å². The Morgan fingerprint density at radius 2 is 2.06 bits per heavy atom. The molecule has 1 rings (SSSR count). The van der Waals surface area contributed by atoms with Crippen LogP contribution in [0.25, 0.3) is 0 Å². The zero-order chi connectivity index (χ0) is 12.8. The van der Waals surface area contributed by atoms with E-state index < -0.39 is 0 Å². The summed E-state index contributed by atoms with van der Waals surface area (Å²) in [6.45, 7) is 3.88. The quantitative estimate of drug-likeness (QED) is 0.461. The van der Waals surface area contributed by atoms with Crippen molar-refractivity contribution in [1.82, 2.24) is 0 Å². The molecule has 3 nitrogen and oxygen atoms in total. The highest BCUT2D eigenvalue weighted by Gasteiger charge is 2.12. The van der Waals surface area contributed by atoms with Crippen LogP contribution < -0.4 is 0 Å². The normalized spacial score (nSPS) is 10.1. The van der Waals surface area contributed by atoms with E-state index in [0.717, 1.165) is 5.56 Å². The van der Waals surface area contributed by atoms with E-state index in [0.29, 0.717) is 30.0 Å². The first kappa shape index (κ1) is 13.7. The molecule has 0 saturated heterocycles. The Labute approximate surface area is 106 Å². The zero-order valence-corrected chi connectivity index (χ0v) is 10.7. The summed E-state index contributed by atoms with van der Waals surface area (Å²) < 4.78 is 4.91. The standard InChI is InChI=1S/C13H15ClO3/c1-3-17-13(16)11-5-4-10(8-9(11)2)12(15)6-7-14/h4-5,8H,3,6-7H2,1-2H3. The summed E-state index contributed by atoms with van der Waals surface area (Å²) >= 11 is 5.51. The minimum atomic E-state index is -0.360. The lowest BCUT2D eigenvalue weighted by Crippen LogP contribution is -2.08. The third-order valence-electron chi connectivity index (χ3n) is 2.37. The average molecular weight is 255 g/mol. The molecule has 0 amide bonds. The maximum absolute atomic E-state index is 11.6. The molecule has 0 atom stereocenters. The fourth-order valence-electron chi connectivity index (χ4n) is 1.51. The molecule has 0 aliphatic carbocycles. The summed E-state index contributed by atoms with van der Waals surface area (Å²) in [4.78, 5) is 23.1. The van der Waals surface area contributed by atoms with Gasteiger partial charge in [0.1, 0.15) is 0 Å². The first-order valence-corrected chi connectivity index (χ1v) is 6.00. The van der Waals surface area contributed by atoms with Gasteiger partial charge in [-0.15, -0.1) is 11.6 Å². The van der Waals surface area contributed by atoms with Gasteiger partial charge in [-0.05, 0) is 31.5 Å². The number of alkyl halides is 1. The predicted molar refractivity (Wildman–Crippen MR) is 66.8 cm³/mol. The number of carbonyl (C=O) groups is 2. The Morgan fingerprint density at radius 1 is 1.35 bits per heavy atom. The zero-order valence-electron chi connectivity index (χ0n) is 9.96. The van der Waals surface area contributed by atoms with Crippen LogP contribution >= 0.6 is 11.6 Å². The maximum Gasteiger partial charge on any atom is 0.338 e. The predicted octanol–water partition coefficient (Wildman–Crippen LogP) is 2.98. The van der Waals surface area contributed by atoms with Gasteiger partial charge in [-0.1, -0.05) is 6.07 Å². The number of ether oxygens (including phenoxy) is 1. The molecule has 0 spiro atoms. The van der Waals surface area contributed by atoms with Crippen LogP contribution in [-0.2, 0) is 4.74 Å². The van der Waals surface area contributed by atoms with E-state index in [2.05, 4.69) is 0 Å². The molecule has 17 heavy (non-hydrogen) atoms. The molecule has 1 aromatic carbocycles. The Hall–Kier alpha value is -1.35. The topological polar surface area (TPSA) is 43.4 Å².